The van der Waals surface area contributed by atoms with Crippen molar-refractivity contribution in [2.75, 3.05) is 11.6 Å². The molecule has 2 aliphatic rings. The number of ether oxygens (including phenoxy) is 1. The van der Waals surface area contributed by atoms with Gasteiger partial charge in [0.05, 0.1) is 11.1 Å². The molecule has 5 nitrogen and oxygen atoms in total. The molecule has 3 heterocycles. The first-order chi connectivity index (χ1) is 13.5. The van der Waals surface area contributed by atoms with Crippen LogP contribution >= 0.6 is 0 Å². The van der Waals surface area contributed by atoms with Crippen LogP contribution in [0.2, 0.25) is 0 Å². The van der Waals surface area contributed by atoms with E-state index in [0.717, 1.165) is 16.8 Å². The zero-order chi connectivity index (χ0) is 19.7. The summed E-state index contributed by atoms with van der Waals surface area (Å²) in [5.74, 6) is -0.492. The number of hydrogen-bond donors (Lipinski definition) is 1. The van der Waals surface area contributed by atoms with Crippen molar-refractivity contribution in [3.8, 4) is 0 Å². The van der Waals surface area contributed by atoms with E-state index in [4.69, 9.17) is 4.74 Å². The molecule has 0 aliphatic carbocycles. The van der Waals surface area contributed by atoms with Crippen LogP contribution in [0.25, 0.3) is 0 Å². The molecule has 1 aromatic heterocycles. The third kappa shape index (κ3) is 3.18. The fraction of sp³-hybridized carbons (Fsp3) is 0.364. The van der Waals surface area contributed by atoms with Gasteiger partial charge in [-0.05, 0) is 61.1 Å². The van der Waals surface area contributed by atoms with Crippen LogP contribution in [-0.2, 0) is 9.53 Å². The van der Waals surface area contributed by atoms with Crippen LogP contribution in [0.1, 0.15) is 43.4 Å². The van der Waals surface area contributed by atoms with Gasteiger partial charge in [0.1, 0.15) is 11.9 Å². The minimum Gasteiger partial charge on any atom is -0.457 e. The van der Waals surface area contributed by atoms with Gasteiger partial charge in [0.25, 0.3) is 0 Å². The first kappa shape index (κ1) is 18.6. The Morgan fingerprint density at radius 3 is 2.79 bits per heavy atom. The molecule has 1 N–H and O–H groups in total. The Balaban J connectivity index is 1.56. The van der Waals surface area contributed by atoms with Gasteiger partial charge in [-0.3, -0.25) is 14.8 Å². The zero-order valence-corrected chi connectivity index (χ0v) is 16.1. The standard InChI is InChI=1S/C22H24FN3O2/c1-3-22(17-13-25-26(14-17)18-7-10-24-11-8-18)9-6-20(28-21(22)27)16-5-4-15(2)19(23)12-16/h4-5,7-8,10-12,14,20,25H,3,6,9,13H2,1-2H3. The van der Waals surface area contributed by atoms with Crippen molar-refractivity contribution in [3.63, 3.8) is 0 Å². The monoisotopic (exact) mass is 381 g/mol. The lowest BCUT2D eigenvalue weighted by Crippen LogP contribution is -2.41. The number of nitrogens with zero attached hydrogens (tertiary/aromatic N) is 2. The highest BCUT2D eigenvalue weighted by atomic mass is 19.1. The lowest BCUT2D eigenvalue weighted by molar-refractivity contribution is -0.168. The summed E-state index contributed by atoms with van der Waals surface area (Å²) in [6, 6.07) is 8.87. The van der Waals surface area contributed by atoms with Crippen LogP contribution in [0.15, 0.2) is 54.5 Å². The van der Waals surface area contributed by atoms with Crippen molar-refractivity contribution < 1.29 is 13.9 Å². The Labute approximate surface area is 164 Å². The van der Waals surface area contributed by atoms with Crippen LogP contribution in [0.5, 0.6) is 0 Å². The molecule has 6 heteroatoms. The van der Waals surface area contributed by atoms with Crippen LogP contribution in [0, 0.1) is 18.2 Å². The molecule has 146 valence electrons. The molecule has 0 saturated carbocycles. The van der Waals surface area contributed by atoms with E-state index in [1.807, 2.05) is 36.3 Å². The molecule has 2 aromatic rings. The fourth-order valence-electron chi connectivity index (χ4n) is 4.05. The van der Waals surface area contributed by atoms with E-state index in [9.17, 15) is 9.18 Å². The van der Waals surface area contributed by atoms with Gasteiger partial charge < -0.3 is 4.74 Å². The van der Waals surface area contributed by atoms with Crippen LogP contribution in [0.4, 0.5) is 10.1 Å². The average molecular weight is 381 g/mol. The summed E-state index contributed by atoms with van der Waals surface area (Å²) in [4.78, 5) is 17.1. The molecular weight excluding hydrogens is 357 g/mol. The lowest BCUT2D eigenvalue weighted by Gasteiger charge is -2.38. The van der Waals surface area contributed by atoms with Crippen LogP contribution in [-0.4, -0.2) is 17.5 Å². The van der Waals surface area contributed by atoms with Crippen molar-refractivity contribution in [2.45, 2.75) is 39.2 Å². The number of carbonyl (C=O) groups is 1. The smallest absolute Gasteiger partial charge is 0.316 e. The third-order valence-electron chi connectivity index (χ3n) is 5.92. The number of rotatable bonds is 4. The third-order valence-corrected chi connectivity index (χ3v) is 5.92. The maximum atomic E-state index is 13.9. The molecule has 0 bridgehead atoms. The summed E-state index contributed by atoms with van der Waals surface area (Å²) in [6.07, 6.45) is 7.09. The van der Waals surface area contributed by atoms with E-state index >= 15 is 0 Å². The number of hydrogen-bond acceptors (Lipinski definition) is 5. The summed E-state index contributed by atoms with van der Waals surface area (Å²) in [6.45, 7) is 4.33. The van der Waals surface area contributed by atoms with E-state index in [2.05, 4.69) is 10.4 Å². The lowest BCUT2D eigenvalue weighted by atomic mass is 9.72. The van der Waals surface area contributed by atoms with Gasteiger partial charge in [-0.1, -0.05) is 19.1 Å². The molecule has 0 amide bonds. The number of aryl methyl sites for hydroxylation is 1. The molecule has 2 aliphatic heterocycles. The second-order valence-corrected chi connectivity index (χ2v) is 7.44. The largest absolute Gasteiger partial charge is 0.457 e. The highest BCUT2D eigenvalue weighted by Crippen LogP contribution is 2.46. The maximum Gasteiger partial charge on any atom is 0.316 e. The predicted octanol–water partition coefficient (Wildman–Crippen LogP) is 4.21. The summed E-state index contributed by atoms with van der Waals surface area (Å²) in [5.41, 5.74) is 5.96. The predicted molar refractivity (Wildman–Crippen MR) is 105 cm³/mol. The van der Waals surface area contributed by atoms with Gasteiger partial charge in [-0.25, -0.2) is 9.82 Å². The zero-order valence-electron chi connectivity index (χ0n) is 16.1. The first-order valence-electron chi connectivity index (χ1n) is 9.64. The van der Waals surface area contributed by atoms with Crippen molar-refractivity contribution in [1.29, 1.82) is 0 Å². The number of cyclic esters (lactones) is 1. The summed E-state index contributed by atoms with van der Waals surface area (Å²) in [7, 11) is 0. The molecule has 28 heavy (non-hydrogen) atoms. The number of benzene rings is 1. The Kier molecular flexibility index (Phi) is 4.89. The molecule has 4 rings (SSSR count). The summed E-state index contributed by atoms with van der Waals surface area (Å²) >= 11 is 0. The number of pyridine rings is 1. The van der Waals surface area contributed by atoms with Gasteiger partial charge in [0, 0.05) is 25.1 Å². The minimum atomic E-state index is -0.644. The molecule has 0 radical (unpaired) electrons. The number of aromatic nitrogens is 1. The molecule has 0 spiro atoms. The molecule has 2 unspecified atom stereocenters. The molecule has 1 fully saturated rings. The van der Waals surface area contributed by atoms with Gasteiger partial charge >= 0.3 is 5.97 Å². The number of nitrogens with one attached hydrogen (secondary N) is 1. The average Bonchev–Trinajstić information content (AvgIpc) is 3.21. The van der Waals surface area contributed by atoms with Crippen molar-refractivity contribution >= 4 is 11.7 Å². The highest BCUT2D eigenvalue weighted by Gasteiger charge is 2.47. The topological polar surface area (TPSA) is 54.5 Å². The number of esters is 1. The van der Waals surface area contributed by atoms with Crippen molar-refractivity contribution in [2.24, 2.45) is 5.41 Å². The van der Waals surface area contributed by atoms with Crippen LogP contribution in [0.3, 0.4) is 0 Å². The Bertz CT molecular complexity index is 915. The molecular formula is C22H24FN3O2. The molecule has 2 atom stereocenters. The number of carbonyl (C=O) groups excluding carboxylic acids is 1. The normalized spacial score (nSPS) is 24.8. The first-order valence-corrected chi connectivity index (χ1v) is 9.64. The fourth-order valence-corrected chi connectivity index (χ4v) is 4.05. The summed E-state index contributed by atoms with van der Waals surface area (Å²) in [5, 5.41) is 1.92. The SMILES string of the molecule is CCC1(C2=CN(c3ccncc3)NC2)CCC(c2ccc(C)c(F)c2)OC1=O. The van der Waals surface area contributed by atoms with Gasteiger partial charge in [-0.15, -0.1) is 0 Å². The van der Waals surface area contributed by atoms with E-state index < -0.39 is 11.5 Å². The number of anilines is 1. The second kappa shape index (κ2) is 7.36. The minimum absolute atomic E-state index is 0.225. The molecule has 1 aromatic carbocycles. The van der Waals surface area contributed by atoms with Gasteiger partial charge in [0.15, 0.2) is 0 Å². The second-order valence-electron chi connectivity index (χ2n) is 7.44. The van der Waals surface area contributed by atoms with E-state index in [1.54, 1.807) is 25.4 Å². The van der Waals surface area contributed by atoms with Gasteiger partial charge in [-0.2, -0.15) is 0 Å². The number of hydrazine groups is 1. The Morgan fingerprint density at radius 1 is 1.32 bits per heavy atom. The van der Waals surface area contributed by atoms with E-state index in [-0.39, 0.29) is 11.8 Å². The number of halogens is 1. The summed E-state index contributed by atoms with van der Waals surface area (Å²) < 4.78 is 19.8. The quantitative estimate of drug-likeness (QED) is 0.804. The van der Waals surface area contributed by atoms with Crippen LogP contribution < -0.4 is 10.4 Å². The van der Waals surface area contributed by atoms with Crippen molar-refractivity contribution in [3.05, 3.63) is 71.4 Å². The van der Waals surface area contributed by atoms with E-state index in [1.165, 1.54) is 6.07 Å². The Hall–Kier alpha value is -2.73. The maximum absolute atomic E-state index is 13.9. The Morgan fingerprint density at radius 2 is 2.11 bits per heavy atom. The van der Waals surface area contributed by atoms with E-state index in [0.29, 0.717) is 31.4 Å². The highest BCUT2D eigenvalue weighted by molar-refractivity contribution is 5.82. The van der Waals surface area contributed by atoms with Crippen molar-refractivity contribution in [1.82, 2.24) is 10.4 Å². The molecule has 1 saturated heterocycles. The van der Waals surface area contributed by atoms with Gasteiger partial charge in [0.2, 0.25) is 0 Å².